The predicted octanol–water partition coefficient (Wildman–Crippen LogP) is -0.519. The molecule has 1 saturated heterocycles. The maximum atomic E-state index is 12.4. The number of carbonyl (C=O) groups is 1. The second kappa shape index (κ2) is 4.18. The van der Waals surface area contributed by atoms with Crippen LogP contribution in [0.1, 0.15) is 13.3 Å². The van der Waals surface area contributed by atoms with Crippen molar-refractivity contribution in [1.29, 1.82) is 0 Å². The molecule has 1 fully saturated rings. The summed E-state index contributed by atoms with van der Waals surface area (Å²) in [5.74, 6) is -3.38. The van der Waals surface area contributed by atoms with E-state index in [2.05, 4.69) is 10.6 Å². The number of rotatable bonds is 3. The van der Waals surface area contributed by atoms with E-state index in [1.807, 2.05) is 0 Å². The van der Waals surface area contributed by atoms with Crippen LogP contribution in [0, 0.1) is 0 Å². The topological polar surface area (TPSA) is 61.4 Å². The van der Waals surface area contributed by atoms with Gasteiger partial charge in [-0.15, -0.1) is 0 Å². The molecule has 14 heavy (non-hydrogen) atoms. The quantitative estimate of drug-likeness (QED) is 0.585. The maximum Gasteiger partial charge on any atom is 0.262 e. The number of hydrogen-bond donors (Lipinski definition) is 3. The van der Waals surface area contributed by atoms with E-state index >= 15 is 0 Å². The van der Waals surface area contributed by atoms with Crippen molar-refractivity contribution in [2.45, 2.75) is 31.4 Å². The van der Waals surface area contributed by atoms with Crippen LogP contribution >= 0.6 is 0 Å². The number of amides is 1. The second-order valence-electron chi connectivity index (χ2n) is 3.64. The first kappa shape index (κ1) is 11.3. The van der Waals surface area contributed by atoms with E-state index in [0.717, 1.165) is 6.92 Å². The van der Waals surface area contributed by atoms with Gasteiger partial charge < -0.3 is 15.7 Å². The lowest BCUT2D eigenvalue weighted by molar-refractivity contribution is -0.124. The minimum atomic E-state index is -2.90. The Morgan fingerprint density at radius 3 is 2.79 bits per heavy atom. The largest absolute Gasteiger partial charge is 0.392 e. The number of alkyl halides is 2. The van der Waals surface area contributed by atoms with Crippen LogP contribution in [0.3, 0.4) is 0 Å². The highest BCUT2D eigenvalue weighted by atomic mass is 19.3. The molecule has 0 aromatic carbocycles. The van der Waals surface area contributed by atoms with Crippen molar-refractivity contribution in [1.82, 2.24) is 10.6 Å². The Morgan fingerprint density at radius 2 is 2.36 bits per heavy atom. The fourth-order valence-electron chi connectivity index (χ4n) is 1.28. The summed E-state index contributed by atoms with van der Waals surface area (Å²) in [6.07, 6.45) is -0.283. The number of halogens is 2. The molecule has 2 unspecified atom stereocenters. The van der Waals surface area contributed by atoms with Gasteiger partial charge in [0, 0.05) is 13.5 Å². The fourth-order valence-corrected chi connectivity index (χ4v) is 1.28. The third kappa shape index (κ3) is 3.55. The van der Waals surface area contributed by atoms with Gasteiger partial charge in [0.15, 0.2) is 0 Å². The average molecular weight is 208 g/mol. The molecule has 3 N–H and O–H groups in total. The van der Waals surface area contributed by atoms with Gasteiger partial charge in [-0.1, -0.05) is 0 Å². The van der Waals surface area contributed by atoms with E-state index in [4.69, 9.17) is 5.11 Å². The van der Waals surface area contributed by atoms with E-state index in [-0.39, 0.29) is 6.42 Å². The monoisotopic (exact) mass is 208 g/mol. The Hall–Kier alpha value is -0.750. The molecule has 0 bridgehead atoms. The van der Waals surface area contributed by atoms with E-state index in [1.54, 1.807) is 0 Å². The van der Waals surface area contributed by atoms with E-state index < -0.39 is 30.5 Å². The highest BCUT2D eigenvalue weighted by Gasteiger charge is 2.30. The molecular weight excluding hydrogens is 194 g/mol. The van der Waals surface area contributed by atoms with E-state index in [1.165, 1.54) is 0 Å². The summed E-state index contributed by atoms with van der Waals surface area (Å²) in [4.78, 5) is 11.2. The van der Waals surface area contributed by atoms with E-state index in [0.29, 0.717) is 6.54 Å². The van der Waals surface area contributed by atoms with Crippen LogP contribution in [0.25, 0.3) is 0 Å². The summed E-state index contributed by atoms with van der Waals surface area (Å²) in [5.41, 5.74) is 0. The Morgan fingerprint density at radius 1 is 1.71 bits per heavy atom. The molecule has 0 spiro atoms. The lowest BCUT2D eigenvalue weighted by Gasteiger charge is -2.14. The summed E-state index contributed by atoms with van der Waals surface area (Å²) in [5, 5.41) is 13.9. The van der Waals surface area contributed by atoms with Gasteiger partial charge >= 0.3 is 0 Å². The Labute approximate surface area is 80.7 Å². The zero-order valence-corrected chi connectivity index (χ0v) is 7.89. The van der Waals surface area contributed by atoms with Crippen molar-refractivity contribution in [3.63, 3.8) is 0 Å². The normalized spacial score (nSPS) is 27.7. The molecular formula is C8H14F2N2O2. The Kier molecular flexibility index (Phi) is 3.38. The van der Waals surface area contributed by atoms with Crippen LogP contribution in [0.5, 0.6) is 0 Å². The Balaban J connectivity index is 2.29. The summed E-state index contributed by atoms with van der Waals surface area (Å²) in [6, 6.07) is -0.549. The summed E-state index contributed by atoms with van der Waals surface area (Å²) >= 11 is 0. The molecule has 0 saturated carbocycles. The number of aliphatic hydroxyl groups excluding tert-OH is 1. The summed E-state index contributed by atoms with van der Waals surface area (Å²) < 4.78 is 24.7. The number of hydrogen-bond acceptors (Lipinski definition) is 3. The maximum absolute atomic E-state index is 12.4. The molecule has 4 nitrogen and oxygen atoms in total. The summed E-state index contributed by atoms with van der Waals surface area (Å²) in [6.45, 7) is 0.408. The van der Waals surface area contributed by atoms with Crippen molar-refractivity contribution in [3.8, 4) is 0 Å². The third-order valence-electron chi connectivity index (χ3n) is 2.00. The minimum absolute atomic E-state index is 0.279. The molecule has 0 aliphatic carbocycles. The molecule has 1 aliphatic heterocycles. The highest BCUT2D eigenvalue weighted by molar-refractivity contribution is 5.82. The number of β-amino-alcohol motifs (C(OH)–C–C–N with tert-alkyl or cyclic N) is 1. The zero-order chi connectivity index (χ0) is 10.8. The third-order valence-corrected chi connectivity index (χ3v) is 2.00. The van der Waals surface area contributed by atoms with Crippen LogP contribution < -0.4 is 10.6 Å². The molecule has 1 rings (SSSR count). The first-order valence-corrected chi connectivity index (χ1v) is 4.45. The first-order chi connectivity index (χ1) is 6.38. The van der Waals surface area contributed by atoms with Gasteiger partial charge in [0.25, 0.3) is 5.92 Å². The van der Waals surface area contributed by atoms with Crippen LogP contribution in [-0.4, -0.2) is 42.2 Å². The van der Waals surface area contributed by atoms with Crippen molar-refractivity contribution in [2.24, 2.45) is 0 Å². The van der Waals surface area contributed by atoms with Crippen LogP contribution in [0.15, 0.2) is 0 Å². The second-order valence-corrected chi connectivity index (χ2v) is 3.64. The zero-order valence-electron chi connectivity index (χ0n) is 7.89. The predicted molar refractivity (Wildman–Crippen MR) is 46.0 cm³/mol. The number of nitrogens with one attached hydrogen (secondary N) is 2. The molecule has 82 valence electrons. The molecule has 1 amide bonds. The van der Waals surface area contributed by atoms with Gasteiger partial charge in [-0.3, -0.25) is 4.79 Å². The summed E-state index contributed by atoms with van der Waals surface area (Å²) in [7, 11) is 0. The van der Waals surface area contributed by atoms with Gasteiger partial charge in [0.2, 0.25) is 5.91 Å². The minimum Gasteiger partial charge on any atom is -0.392 e. The van der Waals surface area contributed by atoms with Gasteiger partial charge in [-0.25, -0.2) is 8.78 Å². The highest BCUT2D eigenvalue weighted by Crippen LogP contribution is 2.10. The molecule has 0 radical (unpaired) electrons. The van der Waals surface area contributed by atoms with E-state index in [9.17, 15) is 13.6 Å². The molecule has 0 aromatic heterocycles. The van der Waals surface area contributed by atoms with Crippen LogP contribution in [0.2, 0.25) is 0 Å². The standard InChI is InChI=1S/C8H14F2N2O2/c1-8(9,10)4-12-7(14)6-2-5(13)3-11-6/h5-6,11,13H,2-4H2,1H3,(H,12,14). The van der Waals surface area contributed by atoms with Crippen LogP contribution in [0.4, 0.5) is 8.78 Å². The molecule has 2 atom stereocenters. The van der Waals surface area contributed by atoms with Crippen molar-refractivity contribution >= 4 is 5.91 Å². The molecule has 1 aliphatic rings. The fraction of sp³-hybridized carbons (Fsp3) is 0.875. The molecule has 6 heteroatoms. The Bertz CT molecular complexity index is 218. The van der Waals surface area contributed by atoms with Crippen molar-refractivity contribution in [2.75, 3.05) is 13.1 Å². The number of carbonyl (C=O) groups excluding carboxylic acids is 1. The average Bonchev–Trinajstić information content (AvgIpc) is 2.46. The van der Waals surface area contributed by atoms with Gasteiger partial charge in [-0.2, -0.15) is 0 Å². The van der Waals surface area contributed by atoms with Crippen molar-refractivity contribution in [3.05, 3.63) is 0 Å². The smallest absolute Gasteiger partial charge is 0.262 e. The van der Waals surface area contributed by atoms with Gasteiger partial charge in [0.05, 0.1) is 18.7 Å². The number of aliphatic hydroxyl groups is 1. The first-order valence-electron chi connectivity index (χ1n) is 4.45. The molecule has 0 aromatic rings. The van der Waals surface area contributed by atoms with Gasteiger partial charge in [-0.05, 0) is 6.42 Å². The van der Waals surface area contributed by atoms with Crippen molar-refractivity contribution < 1.29 is 18.7 Å². The van der Waals surface area contributed by atoms with Gasteiger partial charge in [0.1, 0.15) is 0 Å². The lowest BCUT2D eigenvalue weighted by atomic mass is 10.2. The lowest BCUT2D eigenvalue weighted by Crippen LogP contribution is -2.44. The molecule has 1 heterocycles. The van der Waals surface area contributed by atoms with Crippen LogP contribution in [-0.2, 0) is 4.79 Å². The SMILES string of the molecule is CC(F)(F)CNC(=O)C1CC(O)CN1.